The summed E-state index contributed by atoms with van der Waals surface area (Å²) in [5.41, 5.74) is 2.19. The quantitative estimate of drug-likeness (QED) is 0.479. The molecule has 4 rings (SSSR count). The van der Waals surface area contributed by atoms with Crippen LogP contribution in [-0.4, -0.2) is 21.1 Å². The number of halogens is 1. The summed E-state index contributed by atoms with van der Waals surface area (Å²) >= 11 is 5.95. The van der Waals surface area contributed by atoms with Crippen LogP contribution in [0.3, 0.4) is 0 Å². The predicted molar refractivity (Wildman–Crippen MR) is 112 cm³/mol. The van der Waals surface area contributed by atoms with E-state index >= 15 is 0 Å². The molecule has 7 heteroatoms. The van der Waals surface area contributed by atoms with Crippen molar-refractivity contribution in [1.82, 2.24) is 15.2 Å². The highest BCUT2D eigenvalue weighted by Crippen LogP contribution is 2.26. The molecule has 3 aromatic carbocycles. The molecule has 1 amide bonds. The monoisotopic (exact) mass is 404 g/mol. The van der Waals surface area contributed by atoms with Gasteiger partial charge in [0, 0.05) is 21.8 Å². The molecule has 0 aliphatic carbocycles. The summed E-state index contributed by atoms with van der Waals surface area (Å²) < 4.78 is 5.99. The van der Waals surface area contributed by atoms with Gasteiger partial charge in [0.2, 0.25) is 6.10 Å². The highest BCUT2D eigenvalue weighted by Gasteiger charge is 2.23. The van der Waals surface area contributed by atoms with Gasteiger partial charge in [0.25, 0.3) is 5.91 Å². The van der Waals surface area contributed by atoms with E-state index in [1.165, 1.54) is 6.33 Å². The number of aromatic amines is 1. The van der Waals surface area contributed by atoms with Crippen molar-refractivity contribution in [2.45, 2.75) is 6.10 Å². The van der Waals surface area contributed by atoms with Crippen LogP contribution in [0.4, 0.5) is 5.69 Å². The minimum atomic E-state index is -0.827. The first-order chi connectivity index (χ1) is 14.2. The Kier molecular flexibility index (Phi) is 5.54. The third kappa shape index (κ3) is 4.62. The molecule has 0 radical (unpaired) electrons. The molecule has 1 heterocycles. The maximum absolute atomic E-state index is 13.1. The van der Waals surface area contributed by atoms with Crippen LogP contribution in [0.2, 0.25) is 5.02 Å². The molecule has 0 aliphatic heterocycles. The fraction of sp³-hybridized carbons (Fsp3) is 0.0455. The maximum atomic E-state index is 13.1. The van der Waals surface area contributed by atoms with Crippen LogP contribution in [0, 0.1) is 0 Å². The molecule has 29 heavy (non-hydrogen) atoms. The molecule has 1 atom stereocenters. The van der Waals surface area contributed by atoms with Gasteiger partial charge in [-0.2, -0.15) is 5.10 Å². The number of hydrogen-bond donors (Lipinski definition) is 2. The second-order valence-corrected chi connectivity index (χ2v) is 6.70. The number of amides is 1. The number of nitrogens with one attached hydrogen (secondary N) is 2. The Morgan fingerprint density at radius 2 is 1.79 bits per heavy atom. The Labute approximate surface area is 172 Å². The Hall–Kier alpha value is -3.64. The fourth-order valence-corrected chi connectivity index (χ4v) is 2.97. The summed E-state index contributed by atoms with van der Waals surface area (Å²) in [6.45, 7) is 0. The highest BCUT2D eigenvalue weighted by atomic mass is 35.5. The average Bonchev–Trinajstić information content (AvgIpc) is 3.29. The van der Waals surface area contributed by atoms with Crippen LogP contribution in [-0.2, 0) is 4.79 Å². The Balaban J connectivity index is 1.58. The predicted octanol–water partition coefficient (Wildman–Crippen LogP) is 4.88. The lowest BCUT2D eigenvalue weighted by Crippen LogP contribution is -2.25. The fourth-order valence-electron chi connectivity index (χ4n) is 2.85. The number of rotatable bonds is 6. The number of carbonyl (C=O) groups excluding carboxylic acids is 1. The molecular weight excluding hydrogens is 388 g/mol. The molecular formula is C22H17ClN4O2. The Morgan fingerprint density at radius 3 is 2.52 bits per heavy atom. The van der Waals surface area contributed by atoms with Crippen molar-refractivity contribution < 1.29 is 9.53 Å². The van der Waals surface area contributed by atoms with Gasteiger partial charge in [-0.15, -0.1) is 0 Å². The van der Waals surface area contributed by atoms with Crippen LogP contribution in [0.25, 0.3) is 11.4 Å². The second-order valence-electron chi connectivity index (χ2n) is 6.27. The minimum absolute atomic E-state index is 0.291. The second kappa shape index (κ2) is 8.58. The topological polar surface area (TPSA) is 79.9 Å². The summed E-state index contributed by atoms with van der Waals surface area (Å²) in [6, 6.07) is 23.6. The smallest absolute Gasteiger partial charge is 0.270 e. The van der Waals surface area contributed by atoms with Crippen molar-refractivity contribution in [2.24, 2.45) is 0 Å². The summed E-state index contributed by atoms with van der Waals surface area (Å²) in [5, 5.41) is 10.2. The van der Waals surface area contributed by atoms with Gasteiger partial charge in [-0.1, -0.05) is 54.1 Å². The first kappa shape index (κ1) is 18.7. The average molecular weight is 405 g/mol. The zero-order valence-electron chi connectivity index (χ0n) is 15.2. The minimum Gasteiger partial charge on any atom is -0.476 e. The number of hydrogen-bond acceptors (Lipinski definition) is 4. The van der Waals surface area contributed by atoms with Crippen LogP contribution in [0.5, 0.6) is 5.75 Å². The van der Waals surface area contributed by atoms with Crippen molar-refractivity contribution >= 4 is 23.2 Å². The van der Waals surface area contributed by atoms with Crippen LogP contribution in [0.15, 0.2) is 85.2 Å². The largest absolute Gasteiger partial charge is 0.476 e. The van der Waals surface area contributed by atoms with E-state index in [0.29, 0.717) is 22.3 Å². The van der Waals surface area contributed by atoms with Gasteiger partial charge in [-0.3, -0.25) is 9.89 Å². The van der Waals surface area contributed by atoms with E-state index in [4.69, 9.17) is 16.3 Å². The molecule has 6 nitrogen and oxygen atoms in total. The Bertz CT molecular complexity index is 1080. The van der Waals surface area contributed by atoms with Crippen molar-refractivity contribution in [3.05, 3.63) is 95.8 Å². The van der Waals surface area contributed by atoms with E-state index in [2.05, 4.69) is 20.5 Å². The van der Waals surface area contributed by atoms with Crippen LogP contribution < -0.4 is 10.1 Å². The third-order valence-electron chi connectivity index (χ3n) is 4.23. The van der Waals surface area contributed by atoms with Gasteiger partial charge in [0.05, 0.1) is 0 Å². The number of anilines is 1. The zero-order valence-corrected chi connectivity index (χ0v) is 16.0. The van der Waals surface area contributed by atoms with E-state index in [1.807, 2.05) is 54.6 Å². The van der Waals surface area contributed by atoms with Gasteiger partial charge < -0.3 is 10.1 Å². The van der Waals surface area contributed by atoms with Crippen molar-refractivity contribution in [3.63, 3.8) is 0 Å². The number of H-pyrrole nitrogens is 1. The molecule has 4 aromatic rings. The lowest BCUT2D eigenvalue weighted by Gasteiger charge is -2.19. The molecule has 2 N–H and O–H groups in total. The van der Waals surface area contributed by atoms with E-state index in [1.54, 1.807) is 24.3 Å². The van der Waals surface area contributed by atoms with Crippen molar-refractivity contribution in [3.8, 4) is 17.1 Å². The van der Waals surface area contributed by atoms with Crippen LogP contribution >= 0.6 is 11.6 Å². The first-order valence-electron chi connectivity index (χ1n) is 8.93. The molecule has 0 spiro atoms. The summed E-state index contributed by atoms with van der Waals surface area (Å²) in [4.78, 5) is 17.2. The Morgan fingerprint density at radius 1 is 1.00 bits per heavy atom. The van der Waals surface area contributed by atoms with E-state index < -0.39 is 6.10 Å². The zero-order chi connectivity index (χ0) is 20.1. The number of benzene rings is 3. The van der Waals surface area contributed by atoms with Crippen molar-refractivity contribution in [1.29, 1.82) is 0 Å². The van der Waals surface area contributed by atoms with Gasteiger partial charge in [0.1, 0.15) is 12.1 Å². The molecule has 0 saturated carbocycles. The molecule has 1 unspecified atom stereocenters. The molecule has 0 fully saturated rings. The third-order valence-corrected chi connectivity index (χ3v) is 4.48. The van der Waals surface area contributed by atoms with E-state index in [0.717, 1.165) is 11.1 Å². The number of nitrogens with zero attached hydrogens (tertiary/aromatic N) is 2. The van der Waals surface area contributed by atoms with Gasteiger partial charge >= 0.3 is 0 Å². The van der Waals surface area contributed by atoms with Gasteiger partial charge in [-0.25, -0.2) is 4.98 Å². The van der Waals surface area contributed by atoms with Crippen molar-refractivity contribution in [2.75, 3.05) is 5.32 Å². The standard InChI is InChI=1S/C22H17ClN4O2/c23-17-9-11-19(12-10-17)29-20(15-5-2-1-3-6-15)22(28)26-18-8-4-7-16(13-18)21-24-14-25-27-21/h1-14,20H,(H,26,28)(H,24,25,27). The van der Waals surface area contributed by atoms with Crippen LogP contribution in [0.1, 0.15) is 11.7 Å². The maximum Gasteiger partial charge on any atom is 0.270 e. The lowest BCUT2D eigenvalue weighted by molar-refractivity contribution is -0.123. The normalized spacial score (nSPS) is 11.6. The van der Waals surface area contributed by atoms with Gasteiger partial charge in [-0.05, 0) is 36.4 Å². The number of ether oxygens (including phenoxy) is 1. The summed E-state index contributed by atoms with van der Waals surface area (Å²) in [6.07, 6.45) is 0.609. The molecule has 0 saturated heterocycles. The molecule has 0 aliphatic rings. The number of aromatic nitrogens is 3. The molecule has 0 bridgehead atoms. The molecule has 1 aromatic heterocycles. The highest BCUT2D eigenvalue weighted by molar-refractivity contribution is 6.30. The summed E-state index contributed by atoms with van der Waals surface area (Å²) in [5.74, 6) is 0.882. The van der Waals surface area contributed by atoms with E-state index in [9.17, 15) is 4.79 Å². The lowest BCUT2D eigenvalue weighted by atomic mass is 10.1. The first-order valence-corrected chi connectivity index (χ1v) is 9.31. The SMILES string of the molecule is O=C(Nc1cccc(-c2ncn[nH]2)c1)C(Oc1ccc(Cl)cc1)c1ccccc1. The summed E-state index contributed by atoms with van der Waals surface area (Å²) in [7, 11) is 0. The number of carbonyl (C=O) groups is 1. The van der Waals surface area contributed by atoms with Gasteiger partial charge in [0.15, 0.2) is 5.82 Å². The molecule has 144 valence electrons. The van der Waals surface area contributed by atoms with E-state index in [-0.39, 0.29) is 5.91 Å².